The average molecular weight is 992 g/mol. The Labute approximate surface area is 414 Å². The van der Waals surface area contributed by atoms with Crippen LogP contribution in [0.3, 0.4) is 0 Å². The molecule has 2 aliphatic rings. The molecule has 0 spiro atoms. The first-order chi connectivity index (χ1) is 33.3. The van der Waals surface area contributed by atoms with Crippen LogP contribution in [0.2, 0.25) is 0 Å². The smallest absolute Gasteiger partial charge is 0.259 e. The van der Waals surface area contributed by atoms with Crippen molar-refractivity contribution in [1.29, 1.82) is 5.26 Å². The number of methoxy groups -OCH3 is 1. The van der Waals surface area contributed by atoms with Gasteiger partial charge in [0, 0.05) is 37.3 Å². The van der Waals surface area contributed by atoms with Crippen LogP contribution in [0, 0.1) is 29.5 Å². The lowest BCUT2D eigenvalue weighted by Gasteiger charge is -2.35. The first-order valence-electron chi connectivity index (χ1n) is 22.4. The lowest BCUT2D eigenvalue weighted by Crippen LogP contribution is -2.58. The van der Waals surface area contributed by atoms with E-state index in [1.165, 1.54) is 35.1 Å². The summed E-state index contributed by atoms with van der Waals surface area (Å²) in [5.41, 5.74) is 3.76. The first kappa shape index (κ1) is 50.7. The quantitative estimate of drug-likeness (QED) is 0.0659. The number of thiazole rings is 1. The van der Waals surface area contributed by atoms with Gasteiger partial charge < -0.3 is 44.5 Å². The van der Waals surface area contributed by atoms with Crippen molar-refractivity contribution < 1.29 is 47.6 Å². The largest absolute Gasteiger partial charge is 0.495 e. The number of ether oxygens (including phenoxy) is 4. The second-order valence-corrected chi connectivity index (χ2v) is 19.5. The SMILES string of the molecule is COc1cc(N2C(=O)C(C)(C)N(c3ccc(OCCOc4ccc(OCC(=O)NC(C(=O)N5C[C@H](O)C[C@H]5C(=O)NCc5ccc(-c6scnc6C)cc5)C(C)(C)C)cc4)c(F)c3)C2=S)ccc1C#N. The third-order valence-corrected chi connectivity index (χ3v) is 13.3. The molecule has 4 amide bonds. The van der Waals surface area contributed by atoms with Crippen LogP contribution in [0.25, 0.3) is 10.4 Å². The Kier molecular flexibility index (Phi) is 15.4. The molecule has 3 heterocycles. The van der Waals surface area contributed by atoms with Gasteiger partial charge in [-0.2, -0.15) is 5.26 Å². The van der Waals surface area contributed by atoms with Crippen molar-refractivity contribution in [3.63, 3.8) is 0 Å². The molecule has 16 nitrogen and oxygen atoms in total. The summed E-state index contributed by atoms with van der Waals surface area (Å²) in [7, 11) is 1.42. The van der Waals surface area contributed by atoms with Crippen molar-refractivity contribution in [2.45, 2.75) is 78.2 Å². The second kappa shape index (κ2) is 21.2. The number of halogens is 1. The number of benzene rings is 4. The highest BCUT2D eigenvalue weighted by molar-refractivity contribution is 7.81. The third kappa shape index (κ3) is 11.1. The number of amides is 4. The van der Waals surface area contributed by atoms with E-state index in [0.717, 1.165) is 21.7 Å². The zero-order valence-corrected chi connectivity index (χ0v) is 41.4. The van der Waals surface area contributed by atoms with E-state index < -0.39 is 59.3 Å². The van der Waals surface area contributed by atoms with Gasteiger partial charge in [-0.3, -0.25) is 24.1 Å². The zero-order chi connectivity index (χ0) is 50.5. The number of carbonyl (C=O) groups is 4. The molecule has 1 aromatic heterocycles. The molecule has 70 heavy (non-hydrogen) atoms. The Morgan fingerprint density at radius 2 is 1.64 bits per heavy atom. The Bertz CT molecular complexity index is 2810. The zero-order valence-electron chi connectivity index (χ0n) is 39.8. The number of aromatic nitrogens is 1. The van der Waals surface area contributed by atoms with Crippen LogP contribution in [0.5, 0.6) is 23.0 Å². The molecule has 0 bridgehead atoms. The maximum atomic E-state index is 15.5. The maximum Gasteiger partial charge on any atom is 0.259 e. The highest BCUT2D eigenvalue weighted by atomic mass is 32.1. The number of aliphatic hydroxyl groups excluding tert-OH is 1. The molecule has 2 saturated heterocycles. The van der Waals surface area contributed by atoms with Crippen LogP contribution in [0.1, 0.15) is 57.9 Å². The van der Waals surface area contributed by atoms with Crippen LogP contribution in [-0.2, 0) is 25.7 Å². The Morgan fingerprint density at radius 1 is 0.971 bits per heavy atom. The van der Waals surface area contributed by atoms with E-state index in [-0.39, 0.29) is 55.2 Å². The minimum absolute atomic E-state index is 0.00622. The summed E-state index contributed by atoms with van der Waals surface area (Å²) in [6, 6.07) is 23.3. The van der Waals surface area contributed by atoms with E-state index in [9.17, 15) is 29.5 Å². The molecule has 2 aliphatic heterocycles. The van der Waals surface area contributed by atoms with Gasteiger partial charge in [-0.1, -0.05) is 45.0 Å². The molecular weight excluding hydrogens is 938 g/mol. The predicted octanol–water partition coefficient (Wildman–Crippen LogP) is 6.70. The molecule has 3 atom stereocenters. The molecular formula is C51H54FN7O9S2. The van der Waals surface area contributed by atoms with E-state index in [1.807, 2.05) is 37.3 Å². The highest BCUT2D eigenvalue weighted by Gasteiger charge is 2.51. The number of anilines is 2. The molecule has 366 valence electrons. The minimum Gasteiger partial charge on any atom is -0.495 e. The van der Waals surface area contributed by atoms with Gasteiger partial charge in [-0.15, -0.1) is 11.3 Å². The fourth-order valence-electron chi connectivity index (χ4n) is 8.19. The number of aliphatic hydroxyl groups is 1. The van der Waals surface area contributed by atoms with Crippen LogP contribution >= 0.6 is 23.6 Å². The Balaban J connectivity index is 0.870. The van der Waals surface area contributed by atoms with Gasteiger partial charge in [-0.05, 0) is 98.1 Å². The van der Waals surface area contributed by atoms with E-state index in [4.69, 9.17) is 31.2 Å². The highest BCUT2D eigenvalue weighted by Crippen LogP contribution is 2.39. The number of nitriles is 1. The fourth-order valence-corrected chi connectivity index (χ4v) is 9.52. The van der Waals surface area contributed by atoms with Crippen LogP contribution in [0.15, 0.2) is 90.4 Å². The number of thiocarbonyl (C=S) groups is 1. The van der Waals surface area contributed by atoms with Crippen molar-refractivity contribution >= 4 is 63.7 Å². The number of β-amino-alcohol motifs (C(OH)–C–C–N with tert-alkyl or cyclic N) is 1. The number of nitrogens with one attached hydrogen (secondary N) is 2. The van der Waals surface area contributed by atoms with Gasteiger partial charge in [0.25, 0.3) is 11.8 Å². The van der Waals surface area contributed by atoms with Gasteiger partial charge in [0.15, 0.2) is 23.3 Å². The van der Waals surface area contributed by atoms with E-state index in [0.29, 0.717) is 28.4 Å². The molecule has 4 aromatic carbocycles. The van der Waals surface area contributed by atoms with Gasteiger partial charge in [-0.25, -0.2) is 9.37 Å². The standard InChI is InChI=1S/C51H54FN7O9S2/c1-30-44(70-29-55-30)32-10-8-31(9-11-32)26-54-46(62)40-24-36(60)27-57(40)47(63)45(50(2,3)4)56-43(61)28-68-38-17-15-37(16-18-38)66-20-21-67-41-19-14-35(22-39(41)52)59-49(69)58(48(64)51(59,5)6)34-13-12-33(25-53)42(23-34)65-7/h8-19,22-23,29,36,40,45,60H,20-21,24,26-28H2,1-7H3,(H,54,62)(H,56,61)/t36-,40+,45?/m1/s1. The average Bonchev–Trinajstić information content (AvgIpc) is 4.00. The van der Waals surface area contributed by atoms with Crippen LogP contribution in [0.4, 0.5) is 15.8 Å². The summed E-state index contributed by atoms with van der Waals surface area (Å²) in [6.07, 6.45) is -0.847. The minimum atomic E-state index is -1.17. The van der Waals surface area contributed by atoms with Crippen molar-refractivity contribution in [2.24, 2.45) is 5.41 Å². The number of nitrogens with zero attached hydrogens (tertiary/aromatic N) is 5. The molecule has 3 N–H and O–H groups in total. The topological polar surface area (TPSA) is 196 Å². The summed E-state index contributed by atoms with van der Waals surface area (Å²) in [5.74, 6) is -1.41. The number of rotatable bonds is 17. The summed E-state index contributed by atoms with van der Waals surface area (Å²) >= 11 is 7.28. The molecule has 1 unspecified atom stereocenters. The Hall–Kier alpha value is -7.14. The molecule has 2 fully saturated rings. The number of hydrogen-bond acceptors (Lipinski definition) is 13. The van der Waals surface area contributed by atoms with Crippen molar-refractivity contribution in [3.8, 4) is 39.5 Å². The van der Waals surface area contributed by atoms with Gasteiger partial charge >= 0.3 is 0 Å². The molecule has 19 heteroatoms. The van der Waals surface area contributed by atoms with Gasteiger partial charge in [0.1, 0.15) is 54.2 Å². The number of likely N-dealkylation sites (tertiary alicyclic amines) is 1. The second-order valence-electron chi connectivity index (χ2n) is 18.3. The molecule has 5 aromatic rings. The predicted molar refractivity (Wildman–Crippen MR) is 265 cm³/mol. The number of carbonyl (C=O) groups excluding carboxylic acids is 4. The monoisotopic (exact) mass is 991 g/mol. The maximum absolute atomic E-state index is 15.5. The normalized spacial score (nSPS) is 16.9. The number of hydrogen-bond donors (Lipinski definition) is 3. The summed E-state index contributed by atoms with van der Waals surface area (Å²) in [4.78, 5) is 64.0. The van der Waals surface area contributed by atoms with E-state index in [1.54, 1.807) is 98.8 Å². The summed E-state index contributed by atoms with van der Waals surface area (Å²) < 4.78 is 38.0. The first-order valence-corrected chi connectivity index (χ1v) is 23.7. The third-order valence-electron chi connectivity index (χ3n) is 11.9. The van der Waals surface area contributed by atoms with E-state index in [2.05, 4.69) is 15.6 Å². The van der Waals surface area contributed by atoms with Gasteiger partial charge in [0.2, 0.25) is 11.8 Å². The Morgan fingerprint density at radius 3 is 2.27 bits per heavy atom. The molecule has 0 saturated carbocycles. The van der Waals surface area contributed by atoms with Crippen molar-refractivity contribution in [3.05, 3.63) is 113 Å². The van der Waals surface area contributed by atoms with Crippen molar-refractivity contribution in [1.82, 2.24) is 20.5 Å². The lowest BCUT2D eigenvalue weighted by molar-refractivity contribution is -0.144. The molecule has 7 rings (SSSR count). The molecule has 0 radical (unpaired) electrons. The van der Waals surface area contributed by atoms with Crippen molar-refractivity contribution in [2.75, 3.05) is 43.3 Å². The number of aryl methyl sites for hydroxylation is 1. The molecule has 0 aliphatic carbocycles. The summed E-state index contributed by atoms with van der Waals surface area (Å²) in [5, 5.41) is 25.8. The van der Waals surface area contributed by atoms with Gasteiger partial charge in [0.05, 0.1) is 40.5 Å². The van der Waals surface area contributed by atoms with Crippen LogP contribution < -0.4 is 39.4 Å². The fraction of sp³-hybridized carbons (Fsp3) is 0.353. The van der Waals surface area contributed by atoms with Crippen LogP contribution in [-0.4, -0.2) is 101 Å². The lowest BCUT2D eigenvalue weighted by atomic mass is 9.85. The summed E-state index contributed by atoms with van der Waals surface area (Å²) in [6.45, 7) is 10.5. The van der Waals surface area contributed by atoms with E-state index >= 15 is 4.39 Å².